The molecule has 1 heteroatoms. The van der Waals surface area contributed by atoms with E-state index in [9.17, 15) is 0 Å². The molecule has 16 heavy (non-hydrogen) atoms. The average molecular weight is 218 g/mol. The van der Waals surface area contributed by atoms with Gasteiger partial charge in [0.1, 0.15) is 0 Å². The lowest BCUT2D eigenvalue weighted by Gasteiger charge is -2.19. The van der Waals surface area contributed by atoms with Crippen molar-refractivity contribution in [3.05, 3.63) is 41.5 Å². The summed E-state index contributed by atoms with van der Waals surface area (Å²) < 4.78 is 0. The fourth-order valence-electron chi connectivity index (χ4n) is 1.55. The number of hydrogen-bond donors (Lipinski definition) is 1. The van der Waals surface area contributed by atoms with Crippen molar-refractivity contribution in [2.75, 3.05) is 6.61 Å². The zero-order valence-corrected chi connectivity index (χ0v) is 10.5. The van der Waals surface area contributed by atoms with Gasteiger partial charge in [0.15, 0.2) is 0 Å². The lowest BCUT2D eigenvalue weighted by Crippen LogP contribution is -2.15. The molecule has 1 nitrogen and oxygen atoms in total. The predicted molar refractivity (Wildman–Crippen MR) is 70.3 cm³/mol. The Hall–Kier alpha value is -1.08. The highest BCUT2D eigenvalue weighted by molar-refractivity contribution is 5.49. The van der Waals surface area contributed by atoms with Gasteiger partial charge in [-0.3, -0.25) is 0 Å². The third kappa shape index (κ3) is 4.63. The van der Waals surface area contributed by atoms with Crippen molar-refractivity contribution in [1.82, 2.24) is 0 Å². The first-order chi connectivity index (χ1) is 7.53. The first-order valence-corrected chi connectivity index (χ1v) is 5.87. The normalized spacial score (nSPS) is 12.2. The van der Waals surface area contributed by atoms with Gasteiger partial charge in [-0.05, 0) is 30.7 Å². The zero-order valence-electron chi connectivity index (χ0n) is 10.5. The monoisotopic (exact) mass is 218 g/mol. The van der Waals surface area contributed by atoms with Gasteiger partial charge in [-0.1, -0.05) is 55.8 Å². The molecule has 1 N–H and O–H groups in total. The smallest absolute Gasteiger partial charge is 0.0482 e. The molecule has 0 saturated heterocycles. The number of hydrogen-bond acceptors (Lipinski definition) is 1. The van der Waals surface area contributed by atoms with Crippen molar-refractivity contribution in [2.45, 2.75) is 33.6 Å². The van der Waals surface area contributed by atoms with Gasteiger partial charge in [-0.15, -0.1) is 0 Å². The lowest BCUT2D eigenvalue weighted by molar-refractivity contribution is 0.151. The SMILES string of the molecule is Cc1cccc(/C=C/CCC(C)(C)CO)c1. The van der Waals surface area contributed by atoms with Gasteiger partial charge in [-0.2, -0.15) is 0 Å². The fraction of sp³-hybridized carbons (Fsp3) is 0.467. The van der Waals surface area contributed by atoms with Gasteiger partial charge in [0.2, 0.25) is 0 Å². The highest BCUT2D eigenvalue weighted by atomic mass is 16.3. The zero-order chi connectivity index (χ0) is 12.0. The van der Waals surface area contributed by atoms with Crippen LogP contribution in [0.3, 0.4) is 0 Å². The van der Waals surface area contributed by atoms with E-state index in [1.165, 1.54) is 11.1 Å². The van der Waals surface area contributed by atoms with Crippen LogP contribution >= 0.6 is 0 Å². The summed E-state index contributed by atoms with van der Waals surface area (Å²) in [5, 5.41) is 9.12. The van der Waals surface area contributed by atoms with Crippen LogP contribution in [0, 0.1) is 12.3 Å². The van der Waals surface area contributed by atoms with Gasteiger partial charge < -0.3 is 5.11 Å². The van der Waals surface area contributed by atoms with Crippen molar-refractivity contribution >= 4 is 6.08 Å². The Morgan fingerprint density at radius 3 is 2.69 bits per heavy atom. The van der Waals surface area contributed by atoms with E-state index in [1.54, 1.807) is 0 Å². The summed E-state index contributed by atoms with van der Waals surface area (Å²) in [7, 11) is 0. The van der Waals surface area contributed by atoms with Crippen molar-refractivity contribution in [3.63, 3.8) is 0 Å². The molecule has 0 aliphatic carbocycles. The lowest BCUT2D eigenvalue weighted by atomic mass is 9.89. The number of rotatable bonds is 5. The van der Waals surface area contributed by atoms with Crippen LogP contribution in [0.15, 0.2) is 30.3 Å². The second-order valence-corrected chi connectivity index (χ2v) is 5.18. The molecule has 0 saturated carbocycles. The molecule has 0 bridgehead atoms. The maximum absolute atomic E-state index is 9.12. The summed E-state index contributed by atoms with van der Waals surface area (Å²) in [6, 6.07) is 8.47. The molecule has 0 atom stereocenters. The summed E-state index contributed by atoms with van der Waals surface area (Å²) in [5.74, 6) is 0. The van der Waals surface area contributed by atoms with Crippen LogP contribution in [0.25, 0.3) is 6.08 Å². The summed E-state index contributed by atoms with van der Waals surface area (Å²) in [6.45, 7) is 6.54. The number of benzene rings is 1. The van der Waals surface area contributed by atoms with Crippen LogP contribution in [-0.2, 0) is 0 Å². The van der Waals surface area contributed by atoms with Gasteiger partial charge in [0.05, 0.1) is 0 Å². The van der Waals surface area contributed by atoms with Crippen molar-refractivity contribution in [3.8, 4) is 0 Å². The van der Waals surface area contributed by atoms with Crippen LogP contribution in [0.5, 0.6) is 0 Å². The van der Waals surface area contributed by atoms with Crippen molar-refractivity contribution in [2.24, 2.45) is 5.41 Å². The Bertz CT molecular complexity index is 350. The van der Waals surface area contributed by atoms with Crippen molar-refractivity contribution < 1.29 is 5.11 Å². The van der Waals surface area contributed by atoms with E-state index >= 15 is 0 Å². The maximum Gasteiger partial charge on any atom is 0.0482 e. The highest BCUT2D eigenvalue weighted by Gasteiger charge is 2.14. The van der Waals surface area contributed by atoms with E-state index in [-0.39, 0.29) is 12.0 Å². The third-order valence-corrected chi connectivity index (χ3v) is 2.77. The molecular formula is C15H22O. The molecule has 0 aromatic heterocycles. The molecule has 0 aliphatic heterocycles. The average Bonchev–Trinajstić information content (AvgIpc) is 2.25. The van der Waals surface area contributed by atoms with Crippen molar-refractivity contribution in [1.29, 1.82) is 0 Å². The maximum atomic E-state index is 9.12. The molecular weight excluding hydrogens is 196 g/mol. The first kappa shape index (κ1) is 13.0. The molecule has 1 aromatic carbocycles. The molecule has 0 radical (unpaired) electrons. The molecule has 0 amide bonds. The molecule has 0 spiro atoms. The van der Waals surface area contributed by atoms with E-state index in [0.29, 0.717) is 0 Å². The molecule has 0 aliphatic rings. The van der Waals surface area contributed by atoms with Gasteiger partial charge in [-0.25, -0.2) is 0 Å². The molecule has 0 fully saturated rings. The van der Waals surface area contributed by atoms with Crippen LogP contribution in [0.2, 0.25) is 0 Å². The Morgan fingerprint density at radius 1 is 1.31 bits per heavy atom. The quantitative estimate of drug-likeness (QED) is 0.797. The molecule has 0 unspecified atom stereocenters. The van der Waals surface area contributed by atoms with Gasteiger partial charge in [0.25, 0.3) is 0 Å². The predicted octanol–water partition coefficient (Wildman–Crippen LogP) is 3.81. The van der Waals surface area contributed by atoms with Crippen LogP contribution < -0.4 is 0 Å². The Labute approximate surface area is 98.8 Å². The standard InChI is InChI=1S/C15H22O/c1-13-7-6-9-14(11-13)8-4-5-10-15(2,3)12-16/h4,6-9,11,16H,5,10,12H2,1-3H3/b8-4+. The van der Waals surface area contributed by atoms with E-state index in [4.69, 9.17) is 5.11 Å². The Kier molecular flexibility index (Phi) is 4.75. The summed E-state index contributed by atoms with van der Waals surface area (Å²) in [5.41, 5.74) is 2.58. The van der Waals surface area contributed by atoms with E-state index in [0.717, 1.165) is 12.8 Å². The minimum Gasteiger partial charge on any atom is -0.396 e. The molecule has 1 rings (SSSR count). The fourth-order valence-corrected chi connectivity index (χ4v) is 1.55. The molecule has 88 valence electrons. The third-order valence-electron chi connectivity index (χ3n) is 2.77. The van der Waals surface area contributed by atoms with E-state index in [1.807, 2.05) is 0 Å². The van der Waals surface area contributed by atoms with Gasteiger partial charge >= 0.3 is 0 Å². The van der Waals surface area contributed by atoms with Crippen LogP contribution in [-0.4, -0.2) is 11.7 Å². The van der Waals surface area contributed by atoms with E-state index in [2.05, 4.69) is 57.2 Å². The number of aryl methyl sites for hydroxylation is 1. The van der Waals surface area contributed by atoms with Crippen LogP contribution in [0.1, 0.15) is 37.8 Å². The molecule has 0 heterocycles. The highest BCUT2D eigenvalue weighted by Crippen LogP contribution is 2.21. The topological polar surface area (TPSA) is 20.2 Å². The van der Waals surface area contributed by atoms with Gasteiger partial charge in [0, 0.05) is 6.61 Å². The Morgan fingerprint density at radius 2 is 2.06 bits per heavy atom. The minimum absolute atomic E-state index is 0.0386. The number of allylic oxidation sites excluding steroid dienone is 1. The largest absolute Gasteiger partial charge is 0.396 e. The molecule has 1 aromatic rings. The second kappa shape index (κ2) is 5.86. The van der Waals surface area contributed by atoms with E-state index < -0.39 is 0 Å². The van der Waals surface area contributed by atoms with Crippen LogP contribution in [0.4, 0.5) is 0 Å². The summed E-state index contributed by atoms with van der Waals surface area (Å²) in [4.78, 5) is 0. The first-order valence-electron chi connectivity index (χ1n) is 5.87. The number of aliphatic hydroxyl groups excluding tert-OH is 1. The Balaban J connectivity index is 2.44. The second-order valence-electron chi connectivity index (χ2n) is 5.18. The summed E-state index contributed by atoms with van der Waals surface area (Å²) >= 11 is 0. The summed E-state index contributed by atoms with van der Waals surface area (Å²) in [6.07, 6.45) is 6.37. The number of aliphatic hydroxyl groups is 1. The minimum atomic E-state index is 0.0386.